The Kier molecular flexibility index (Phi) is 4.96. The van der Waals surface area contributed by atoms with Crippen LogP contribution in [0.5, 0.6) is 5.88 Å². The predicted molar refractivity (Wildman–Crippen MR) is 76.4 cm³/mol. The molecule has 5 nitrogen and oxygen atoms in total. The molecule has 1 saturated heterocycles. The summed E-state index contributed by atoms with van der Waals surface area (Å²) in [6.07, 6.45) is 5.17. The molecule has 2 atom stereocenters. The standard InChI is InChI=1S/C14H24N4O/c1-3-11-5-6-18(12(7-11)9-15)13-8-14(19-4-2)17-10-16-13/h8,10-12H,3-7,9,15H2,1-2H3. The Balaban J connectivity index is 2.13. The molecule has 2 N–H and O–H groups in total. The minimum atomic E-state index is 0.378. The first-order valence-electron chi connectivity index (χ1n) is 7.20. The zero-order chi connectivity index (χ0) is 13.7. The zero-order valence-electron chi connectivity index (χ0n) is 11.9. The molecule has 1 aliphatic heterocycles. The van der Waals surface area contributed by atoms with E-state index in [2.05, 4.69) is 21.8 Å². The van der Waals surface area contributed by atoms with Crippen LogP contribution in [-0.2, 0) is 0 Å². The second-order valence-electron chi connectivity index (χ2n) is 5.03. The van der Waals surface area contributed by atoms with Gasteiger partial charge in [-0.25, -0.2) is 9.97 Å². The fourth-order valence-electron chi connectivity index (χ4n) is 2.74. The molecule has 0 aromatic carbocycles. The number of nitrogens with two attached hydrogens (primary N) is 1. The number of hydrogen-bond acceptors (Lipinski definition) is 5. The third kappa shape index (κ3) is 3.35. The van der Waals surface area contributed by atoms with E-state index in [0.29, 0.717) is 25.1 Å². The van der Waals surface area contributed by atoms with Crippen LogP contribution in [0.25, 0.3) is 0 Å². The summed E-state index contributed by atoms with van der Waals surface area (Å²) in [6, 6.07) is 2.29. The maximum Gasteiger partial charge on any atom is 0.218 e. The van der Waals surface area contributed by atoms with E-state index in [1.807, 2.05) is 13.0 Å². The van der Waals surface area contributed by atoms with Crippen LogP contribution in [0, 0.1) is 5.92 Å². The van der Waals surface area contributed by atoms with Crippen molar-refractivity contribution in [2.24, 2.45) is 11.7 Å². The highest BCUT2D eigenvalue weighted by Gasteiger charge is 2.27. The molecule has 5 heteroatoms. The van der Waals surface area contributed by atoms with Gasteiger partial charge in [0.1, 0.15) is 12.1 Å². The lowest BCUT2D eigenvalue weighted by Crippen LogP contribution is -2.47. The van der Waals surface area contributed by atoms with Gasteiger partial charge < -0.3 is 15.4 Å². The van der Waals surface area contributed by atoms with Gasteiger partial charge in [-0.1, -0.05) is 13.3 Å². The van der Waals surface area contributed by atoms with Gasteiger partial charge in [0, 0.05) is 25.2 Å². The number of anilines is 1. The molecule has 1 aromatic rings. The molecular weight excluding hydrogens is 240 g/mol. The van der Waals surface area contributed by atoms with Crippen LogP contribution in [0.3, 0.4) is 0 Å². The van der Waals surface area contributed by atoms with Crippen molar-refractivity contribution in [1.82, 2.24) is 9.97 Å². The fraction of sp³-hybridized carbons (Fsp3) is 0.714. The summed E-state index contributed by atoms with van der Waals surface area (Å²) < 4.78 is 5.44. The zero-order valence-corrected chi connectivity index (χ0v) is 11.9. The average molecular weight is 264 g/mol. The lowest BCUT2D eigenvalue weighted by atomic mass is 9.89. The maximum atomic E-state index is 5.93. The lowest BCUT2D eigenvalue weighted by Gasteiger charge is -2.39. The second kappa shape index (κ2) is 6.70. The molecule has 19 heavy (non-hydrogen) atoms. The molecule has 2 rings (SSSR count). The van der Waals surface area contributed by atoms with Crippen molar-refractivity contribution in [3.05, 3.63) is 12.4 Å². The average Bonchev–Trinajstić information content (AvgIpc) is 2.47. The van der Waals surface area contributed by atoms with Crippen molar-refractivity contribution in [2.75, 3.05) is 24.6 Å². The SMILES string of the molecule is CCOc1cc(N2CCC(CC)CC2CN)ncn1. The van der Waals surface area contributed by atoms with Gasteiger partial charge in [0.15, 0.2) is 0 Å². The van der Waals surface area contributed by atoms with Crippen molar-refractivity contribution in [3.63, 3.8) is 0 Å². The van der Waals surface area contributed by atoms with Crippen LogP contribution in [0.1, 0.15) is 33.1 Å². The smallest absolute Gasteiger partial charge is 0.218 e. The maximum absolute atomic E-state index is 5.93. The molecule has 1 fully saturated rings. The monoisotopic (exact) mass is 264 g/mol. The van der Waals surface area contributed by atoms with E-state index < -0.39 is 0 Å². The molecule has 0 radical (unpaired) electrons. The van der Waals surface area contributed by atoms with Gasteiger partial charge >= 0.3 is 0 Å². The first-order valence-corrected chi connectivity index (χ1v) is 7.20. The molecule has 0 saturated carbocycles. The normalized spacial score (nSPS) is 23.4. The van der Waals surface area contributed by atoms with E-state index >= 15 is 0 Å². The summed E-state index contributed by atoms with van der Waals surface area (Å²) in [4.78, 5) is 10.8. The largest absolute Gasteiger partial charge is 0.478 e. The van der Waals surface area contributed by atoms with Crippen LogP contribution in [0.4, 0.5) is 5.82 Å². The van der Waals surface area contributed by atoms with E-state index in [0.717, 1.165) is 24.7 Å². The highest BCUT2D eigenvalue weighted by Crippen LogP contribution is 2.29. The number of hydrogen-bond donors (Lipinski definition) is 1. The molecular formula is C14H24N4O. The second-order valence-corrected chi connectivity index (χ2v) is 5.03. The number of piperidine rings is 1. The Hall–Kier alpha value is -1.36. The Morgan fingerprint density at radius 1 is 1.42 bits per heavy atom. The van der Waals surface area contributed by atoms with Crippen molar-refractivity contribution in [2.45, 2.75) is 39.2 Å². The van der Waals surface area contributed by atoms with Crippen LogP contribution in [0.15, 0.2) is 12.4 Å². The summed E-state index contributed by atoms with van der Waals surface area (Å²) >= 11 is 0. The Labute approximate surface area is 115 Å². The Bertz CT molecular complexity index is 399. The molecule has 2 unspecified atom stereocenters. The van der Waals surface area contributed by atoms with Gasteiger partial charge in [-0.3, -0.25) is 0 Å². The highest BCUT2D eigenvalue weighted by molar-refractivity contribution is 5.42. The van der Waals surface area contributed by atoms with Crippen molar-refractivity contribution in [3.8, 4) is 5.88 Å². The third-order valence-electron chi connectivity index (χ3n) is 3.89. The summed E-state index contributed by atoms with van der Waals surface area (Å²) in [5.41, 5.74) is 5.93. The van der Waals surface area contributed by atoms with Crippen molar-refractivity contribution < 1.29 is 4.74 Å². The molecule has 1 aliphatic rings. The minimum Gasteiger partial charge on any atom is -0.478 e. The van der Waals surface area contributed by atoms with E-state index in [4.69, 9.17) is 10.5 Å². The highest BCUT2D eigenvalue weighted by atomic mass is 16.5. The quantitative estimate of drug-likeness (QED) is 0.879. The summed E-state index contributed by atoms with van der Waals surface area (Å²) in [6.45, 7) is 6.52. The minimum absolute atomic E-state index is 0.378. The Morgan fingerprint density at radius 3 is 2.95 bits per heavy atom. The Morgan fingerprint density at radius 2 is 2.26 bits per heavy atom. The molecule has 1 aromatic heterocycles. The van der Waals surface area contributed by atoms with Gasteiger partial charge in [-0.05, 0) is 25.7 Å². The van der Waals surface area contributed by atoms with Crippen LogP contribution in [0.2, 0.25) is 0 Å². The third-order valence-corrected chi connectivity index (χ3v) is 3.89. The number of rotatable bonds is 5. The lowest BCUT2D eigenvalue weighted by molar-refractivity contribution is 0.322. The van der Waals surface area contributed by atoms with Crippen LogP contribution < -0.4 is 15.4 Å². The molecule has 0 bridgehead atoms. The van der Waals surface area contributed by atoms with Gasteiger partial charge in [0.25, 0.3) is 0 Å². The van der Waals surface area contributed by atoms with E-state index in [1.165, 1.54) is 12.8 Å². The van der Waals surface area contributed by atoms with Gasteiger partial charge in [-0.15, -0.1) is 0 Å². The first kappa shape index (κ1) is 14.1. The molecule has 0 amide bonds. The van der Waals surface area contributed by atoms with Crippen molar-refractivity contribution in [1.29, 1.82) is 0 Å². The number of nitrogens with zero attached hydrogens (tertiary/aromatic N) is 3. The summed E-state index contributed by atoms with van der Waals surface area (Å²) in [5, 5.41) is 0. The van der Waals surface area contributed by atoms with E-state index in [9.17, 15) is 0 Å². The summed E-state index contributed by atoms with van der Waals surface area (Å²) in [7, 11) is 0. The fourth-order valence-corrected chi connectivity index (χ4v) is 2.74. The first-order chi connectivity index (χ1) is 9.28. The van der Waals surface area contributed by atoms with Gasteiger partial charge in [0.2, 0.25) is 5.88 Å². The molecule has 0 spiro atoms. The number of aromatic nitrogens is 2. The van der Waals surface area contributed by atoms with E-state index in [1.54, 1.807) is 6.33 Å². The molecule has 0 aliphatic carbocycles. The van der Waals surface area contributed by atoms with Crippen molar-refractivity contribution >= 4 is 5.82 Å². The predicted octanol–water partition coefficient (Wildman–Crippen LogP) is 1.83. The van der Waals surface area contributed by atoms with Crippen LogP contribution >= 0.6 is 0 Å². The number of ether oxygens (including phenoxy) is 1. The molecule has 2 heterocycles. The topological polar surface area (TPSA) is 64.3 Å². The van der Waals surface area contributed by atoms with Gasteiger partial charge in [0.05, 0.1) is 6.61 Å². The summed E-state index contributed by atoms with van der Waals surface area (Å²) in [5.74, 6) is 2.36. The van der Waals surface area contributed by atoms with E-state index in [-0.39, 0.29) is 0 Å². The van der Waals surface area contributed by atoms with Gasteiger partial charge in [-0.2, -0.15) is 0 Å². The van der Waals surface area contributed by atoms with Crippen LogP contribution in [-0.4, -0.2) is 35.7 Å². The molecule has 106 valence electrons.